The van der Waals surface area contributed by atoms with E-state index in [4.69, 9.17) is 0 Å². The molecule has 4 aromatic carbocycles. The highest BCUT2D eigenvalue weighted by Gasteiger charge is 2.19. The highest BCUT2D eigenvalue weighted by atomic mass is 32.2. The summed E-state index contributed by atoms with van der Waals surface area (Å²) < 4.78 is 28.2. The summed E-state index contributed by atoms with van der Waals surface area (Å²) in [5.41, 5.74) is 4.33. The van der Waals surface area contributed by atoms with Crippen LogP contribution in [0.5, 0.6) is 0 Å². The van der Waals surface area contributed by atoms with E-state index in [0.717, 1.165) is 18.4 Å². The van der Waals surface area contributed by atoms with Crippen LogP contribution < -0.4 is 4.72 Å². The van der Waals surface area contributed by atoms with Crippen molar-refractivity contribution in [2.45, 2.75) is 24.7 Å². The summed E-state index contributed by atoms with van der Waals surface area (Å²) in [6, 6.07) is 33.4. The Morgan fingerprint density at radius 2 is 1.19 bits per heavy atom. The van der Waals surface area contributed by atoms with E-state index in [2.05, 4.69) is 29.0 Å². The van der Waals surface area contributed by atoms with Crippen molar-refractivity contribution in [1.82, 2.24) is 4.90 Å². The smallest absolute Gasteiger partial charge is 0.261 e. The molecule has 184 valence electrons. The maximum absolute atomic E-state index is 13.4. The summed E-state index contributed by atoms with van der Waals surface area (Å²) in [7, 11) is -3.76. The first-order chi connectivity index (χ1) is 17.4. The minimum atomic E-state index is -3.76. The predicted molar refractivity (Wildman–Crippen MR) is 145 cm³/mol. The quantitative estimate of drug-likeness (QED) is 0.304. The lowest BCUT2D eigenvalue weighted by Gasteiger charge is -2.23. The van der Waals surface area contributed by atoms with Crippen molar-refractivity contribution in [1.29, 1.82) is 0 Å². The van der Waals surface area contributed by atoms with Gasteiger partial charge < -0.3 is 4.90 Å². The molecule has 0 heterocycles. The first kappa shape index (κ1) is 25.2. The Kier molecular flexibility index (Phi) is 8.18. The second kappa shape index (κ2) is 11.7. The van der Waals surface area contributed by atoms with E-state index < -0.39 is 10.0 Å². The van der Waals surface area contributed by atoms with Gasteiger partial charge in [-0.05, 0) is 67.3 Å². The molecule has 1 N–H and O–H groups in total. The van der Waals surface area contributed by atoms with Gasteiger partial charge in [-0.15, -0.1) is 0 Å². The number of benzene rings is 4. The molecule has 0 aliphatic heterocycles. The van der Waals surface area contributed by atoms with Crippen LogP contribution >= 0.6 is 0 Å². The average molecular weight is 499 g/mol. The molecule has 0 saturated carbocycles. The van der Waals surface area contributed by atoms with E-state index in [1.165, 1.54) is 23.3 Å². The van der Waals surface area contributed by atoms with Gasteiger partial charge in [0.1, 0.15) is 0 Å². The first-order valence-corrected chi connectivity index (χ1v) is 13.5. The Hall–Kier alpha value is -3.90. The Morgan fingerprint density at radius 1 is 0.694 bits per heavy atom. The van der Waals surface area contributed by atoms with E-state index in [0.29, 0.717) is 24.3 Å². The van der Waals surface area contributed by atoms with E-state index in [1.807, 2.05) is 60.4 Å². The zero-order chi connectivity index (χ0) is 25.4. The molecular formula is C30H30N2O3S. The summed E-state index contributed by atoms with van der Waals surface area (Å²) in [5.74, 6) is -0.114. The first-order valence-electron chi connectivity index (χ1n) is 12.0. The molecule has 0 atom stereocenters. The van der Waals surface area contributed by atoms with Gasteiger partial charge in [-0.2, -0.15) is 0 Å². The molecule has 0 fully saturated rings. The number of carbonyl (C=O) groups excluding carboxylic acids is 1. The van der Waals surface area contributed by atoms with E-state index >= 15 is 0 Å². The normalized spacial score (nSPS) is 11.1. The Morgan fingerprint density at radius 3 is 1.69 bits per heavy atom. The maximum Gasteiger partial charge on any atom is 0.261 e. The standard InChI is InChI=1S/C30H30N2O3S/c1-24-12-16-28(17-13-24)31-36(34,35)29-18-14-27(15-19-29)30(33)32(22-20-25-8-4-2-5-9-25)23-21-26-10-6-3-7-11-26/h2-19,31H,20-23H2,1H3. The molecule has 0 spiro atoms. The lowest BCUT2D eigenvalue weighted by molar-refractivity contribution is 0.0759. The third-order valence-corrected chi connectivity index (χ3v) is 7.43. The second-order valence-electron chi connectivity index (χ2n) is 8.76. The number of hydrogen-bond acceptors (Lipinski definition) is 3. The monoisotopic (exact) mass is 498 g/mol. The average Bonchev–Trinajstić information content (AvgIpc) is 2.91. The van der Waals surface area contributed by atoms with Crippen molar-refractivity contribution < 1.29 is 13.2 Å². The minimum Gasteiger partial charge on any atom is -0.338 e. The van der Waals surface area contributed by atoms with Crippen LogP contribution in [0.4, 0.5) is 5.69 Å². The molecule has 0 aliphatic carbocycles. The minimum absolute atomic E-state index is 0.111. The topological polar surface area (TPSA) is 66.5 Å². The molecule has 4 aromatic rings. The van der Waals surface area contributed by atoms with Gasteiger partial charge in [0.25, 0.3) is 15.9 Å². The zero-order valence-electron chi connectivity index (χ0n) is 20.3. The van der Waals surface area contributed by atoms with Gasteiger partial charge in [-0.1, -0.05) is 78.4 Å². The van der Waals surface area contributed by atoms with Gasteiger partial charge in [0.2, 0.25) is 0 Å². The van der Waals surface area contributed by atoms with Gasteiger partial charge in [0.05, 0.1) is 4.90 Å². The molecule has 0 bridgehead atoms. The van der Waals surface area contributed by atoms with Crippen LogP contribution in [0.25, 0.3) is 0 Å². The van der Waals surface area contributed by atoms with Gasteiger partial charge in [0.15, 0.2) is 0 Å². The number of hydrogen-bond donors (Lipinski definition) is 1. The summed E-state index contributed by atoms with van der Waals surface area (Å²) in [6.07, 6.45) is 1.49. The van der Waals surface area contributed by atoms with Crippen molar-refractivity contribution in [2.24, 2.45) is 0 Å². The molecule has 0 radical (unpaired) electrons. The largest absolute Gasteiger partial charge is 0.338 e. The third kappa shape index (κ3) is 6.83. The SMILES string of the molecule is Cc1ccc(NS(=O)(=O)c2ccc(C(=O)N(CCc3ccccc3)CCc3ccccc3)cc2)cc1. The number of sulfonamides is 1. The van der Waals surface area contributed by atoms with E-state index in [-0.39, 0.29) is 10.8 Å². The van der Waals surface area contributed by atoms with Gasteiger partial charge in [-0.3, -0.25) is 9.52 Å². The molecule has 6 heteroatoms. The molecule has 1 amide bonds. The van der Waals surface area contributed by atoms with Crippen LogP contribution in [0.1, 0.15) is 27.0 Å². The summed E-state index contributed by atoms with van der Waals surface area (Å²) in [4.78, 5) is 15.4. The van der Waals surface area contributed by atoms with Crippen molar-refractivity contribution >= 4 is 21.6 Å². The lowest BCUT2D eigenvalue weighted by Crippen LogP contribution is -2.34. The van der Waals surface area contributed by atoms with Crippen LogP contribution in [0.2, 0.25) is 0 Å². The molecule has 36 heavy (non-hydrogen) atoms. The fraction of sp³-hybridized carbons (Fsp3) is 0.167. The van der Waals surface area contributed by atoms with Crippen LogP contribution in [0.15, 0.2) is 114 Å². The molecule has 0 unspecified atom stereocenters. The molecule has 4 rings (SSSR count). The van der Waals surface area contributed by atoms with Crippen LogP contribution in [-0.2, 0) is 22.9 Å². The second-order valence-corrected chi connectivity index (χ2v) is 10.4. The van der Waals surface area contributed by atoms with Gasteiger partial charge in [-0.25, -0.2) is 8.42 Å². The highest BCUT2D eigenvalue weighted by molar-refractivity contribution is 7.92. The lowest BCUT2D eigenvalue weighted by atomic mass is 10.1. The number of amides is 1. The van der Waals surface area contributed by atoms with Crippen LogP contribution in [0, 0.1) is 6.92 Å². The number of aryl methyl sites for hydroxylation is 1. The fourth-order valence-electron chi connectivity index (χ4n) is 3.93. The summed E-state index contributed by atoms with van der Waals surface area (Å²) >= 11 is 0. The van der Waals surface area contributed by atoms with E-state index in [9.17, 15) is 13.2 Å². The number of nitrogens with zero attached hydrogens (tertiary/aromatic N) is 1. The van der Waals surface area contributed by atoms with Crippen molar-refractivity contribution in [2.75, 3.05) is 17.8 Å². The third-order valence-electron chi connectivity index (χ3n) is 6.03. The number of anilines is 1. The van der Waals surface area contributed by atoms with Crippen LogP contribution in [0.3, 0.4) is 0 Å². The Labute approximate surface area is 213 Å². The Bertz CT molecular complexity index is 1330. The van der Waals surface area contributed by atoms with E-state index in [1.54, 1.807) is 24.3 Å². The van der Waals surface area contributed by atoms with Crippen molar-refractivity contribution in [3.63, 3.8) is 0 Å². The van der Waals surface area contributed by atoms with Crippen molar-refractivity contribution in [3.8, 4) is 0 Å². The van der Waals surface area contributed by atoms with Crippen molar-refractivity contribution in [3.05, 3.63) is 131 Å². The zero-order valence-corrected chi connectivity index (χ0v) is 21.1. The van der Waals surface area contributed by atoms with Crippen LogP contribution in [-0.4, -0.2) is 32.3 Å². The predicted octanol–water partition coefficient (Wildman–Crippen LogP) is 5.72. The Balaban J connectivity index is 1.48. The number of nitrogens with one attached hydrogen (secondary N) is 1. The summed E-state index contributed by atoms with van der Waals surface area (Å²) in [6.45, 7) is 3.09. The molecular weight excluding hydrogens is 468 g/mol. The number of carbonyl (C=O) groups is 1. The summed E-state index contributed by atoms with van der Waals surface area (Å²) in [5, 5.41) is 0. The molecule has 0 aliphatic rings. The highest BCUT2D eigenvalue weighted by Crippen LogP contribution is 2.18. The van der Waals surface area contributed by atoms with Gasteiger partial charge >= 0.3 is 0 Å². The number of rotatable bonds is 10. The van der Waals surface area contributed by atoms with Gasteiger partial charge in [0, 0.05) is 24.3 Å². The maximum atomic E-state index is 13.4. The fourth-order valence-corrected chi connectivity index (χ4v) is 4.99. The molecule has 0 aromatic heterocycles. The molecule has 5 nitrogen and oxygen atoms in total. The molecule has 0 saturated heterocycles.